The summed E-state index contributed by atoms with van der Waals surface area (Å²) in [6.45, 7) is 0. The molecule has 3 heteroatoms. The molecule has 0 aromatic heterocycles. The Hall–Kier alpha value is -2.47. The van der Waals surface area contributed by atoms with Crippen LogP contribution in [0.3, 0.4) is 0 Å². The van der Waals surface area contributed by atoms with Crippen molar-refractivity contribution in [1.29, 1.82) is 5.26 Å². The number of nitrogens with zero attached hydrogens (tertiary/aromatic N) is 1. The Kier molecular flexibility index (Phi) is 3.08. The minimum Gasteiger partial charge on any atom is -0.497 e. The summed E-state index contributed by atoms with van der Waals surface area (Å²) in [6.07, 6.45) is 1.69. The van der Waals surface area contributed by atoms with Crippen LogP contribution in [-0.4, -0.2) is 7.11 Å². The number of aryl methyl sites for hydroxylation is 1. The van der Waals surface area contributed by atoms with Crippen molar-refractivity contribution in [2.24, 2.45) is 0 Å². The van der Waals surface area contributed by atoms with Gasteiger partial charge in [0, 0.05) is 5.69 Å². The number of methoxy groups -OCH3 is 1. The Morgan fingerprint density at radius 3 is 2.70 bits per heavy atom. The van der Waals surface area contributed by atoms with Gasteiger partial charge >= 0.3 is 0 Å². The van der Waals surface area contributed by atoms with Gasteiger partial charge in [0.05, 0.1) is 13.2 Å². The number of hydrogen-bond acceptors (Lipinski definition) is 3. The molecule has 2 aromatic rings. The first-order chi connectivity index (χ1) is 9.77. The van der Waals surface area contributed by atoms with E-state index < -0.39 is 5.54 Å². The van der Waals surface area contributed by atoms with Gasteiger partial charge in [0.25, 0.3) is 0 Å². The summed E-state index contributed by atoms with van der Waals surface area (Å²) < 4.78 is 5.29. The third-order valence-electron chi connectivity index (χ3n) is 3.87. The Balaban J connectivity index is 2.03. The molecule has 2 aromatic carbocycles. The third-order valence-corrected chi connectivity index (χ3v) is 3.87. The fourth-order valence-corrected chi connectivity index (χ4v) is 2.80. The quantitative estimate of drug-likeness (QED) is 0.923. The maximum absolute atomic E-state index is 9.73. The molecule has 3 nitrogen and oxygen atoms in total. The van der Waals surface area contributed by atoms with Gasteiger partial charge in [-0.1, -0.05) is 24.3 Å². The summed E-state index contributed by atoms with van der Waals surface area (Å²) in [4.78, 5) is 0. The van der Waals surface area contributed by atoms with Gasteiger partial charge in [0.15, 0.2) is 5.54 Å². The van der Waals surface area contributed by atoms with E-state index in [9.17, 15) is 5.26 Å². The lowest BCUT2D eigenvalue weighted by molar-refractivity contribution is 0.413. The highest BCUT2D eigenvalue weighted by Gasteiger charge is 2.39. The zero-order valence-corrected chi connectivity index (χ0v) is 11.4. The van der Waals surface area contributed by atoms with Gasteiger partial charge in [-0.2, -0.15) is 5.26 Å². The lowest BCUT2D eigenvalue weighted by atomic mass is 9.93. The first-order valence-electron chi connectivity index (χ1n) is 6.69. The van der Waals surface area contributed by atoms with E-state index in [1.54, 1.807) is 7.11 Å². The molecule has 0 bridgehead atoms. The molecule has 20 heavy (non-hydrogen) atoms. The van der Waals surface area contributed by atoms with E-state index in [1.165, 1.54) is 5.56 Å². The van der Waals surface area contributed by atoms with Crippen LogP contribution in [0, 0.1) is 11.3 Å². The van der Waals surface area contributed by atoms with Gasteiger partial charge in [-0.25, -0.2) is 0 Å². The molecule has 0 amide bonds. The molecule has 1 aliphatic carbocycles. The van der Waals surface area contributed by atoms with Crippen molar-refractivity contribution in [3.63, 3.8) is 0 Å². The predicted octanol–water partition coefficient (Wildman–Crippen LogP) is 3.47. The number of nitrogens with one attached hydrogen (secondary N) is 1. The van der Waals surface area contributed by atoms with E-state index in [-0.39, 0.29) is 0 Å². The van der Waals surface area contributed by atoms with Gasteiger partial charge in [-0.15, -0.1) is 0 Å². The lowest BCUT2D eigenvalue weighted by Crippen LogP contribution is -2.31. The summed E-state index contributed by atoms with van der Waals surface area (Å²) in [5.74, 6) is 0.792. The van der Waals surface area contributed by atoms with E-state index in [2.05, 4.69) is 17.5 Å². The van der Waals surface area contributed by atoms with Gasteiger partial charge in [-0.3, -0.25) is 0 Å². The van der Waals surface area contributed by atoms with Crippen molar-refractivity contribution < 1.29 is 4.74 Å². The van der Waals surface area contributed by atoms with Crippen LogP contribution in [0.1, 0.15) is 17.5 Å². The maximum atomic E-state index is 9.73. The Morgan fingerprint density at radius 2 is 2.00 bits per heavy atom. The van der Waals surface area contributed by atoms with Gasteiger partial charge in [-0.05, 0) is 48.2 Å². The molecule has 1 aliphatic rings. The van der Waals surface area contributed by atoms with E-state index in [0.717, 1.165) is 29.8 Å². The summed E-state index contributed by atoms with van der Waals surface area (Å²) >= 11 is 0. The number of para-hydroxylation sites is 1. The van der Waals surface area contributed by atoms with Crippen molar-refractivity contribution in [2.75, 3.05) is 12.4 Å². The normalized spacial score (nSPS) is 20.0. The first-order valence-corrected chi connectivity index (χ1v) is 6.69. The molecular formula is C17H16N2O. The second kappa shape index (κ2) is 4.90. The lowest BCUT2D eigenvalue weighted by Gasteiger charge is -2.25. The number of nitriles is 1. The molecule has 1 unspecified atom stereocenters. The van der Waals surface area contributed by atoms with Crippen LogP contribution in [0.15, 0.2) is 48.5 Å². The number of anilines is 1. The van der Waals surface area contributed by atoms with E-state index in [1.807, 2.05) is 42.5 Å². The van der Waals surface area contributed by atoms with Crippen molar-refractivity contribution in [1.82, 2.24) is 0 Å². The molecule has 0 aliphatic heterocycles. The summed E-state index contributed by atoms with van der Waals surface area (Å²) in [5, 5.41) is 13.1. The second-order valence-corrected chi connectivity index (χ2v) is 5.03. The fraction of sp³-hybridized carbons (Fsp3) is 0.235. The van der Waals surface area contributed by atoms with E-state index in [4.69, 9.17) is 4.74 Å². The highest BCUT2D eigenvalue weighted by Crippen LogP contribution is 2.40. The number of benzene rings is 2. The molecule has 1 N–H and O–H groups in total. The van der Waals surface area contributed by atoms with Crippen LogP contribution in [0.4, 0.5) is 5.69 Å². The summed E-state index contributed by atoms with van der Waals surface area (Å²) in [7, 11) is 1.65. The minimum atomic E-state index is -0.661. The molecule has 0 saturated heterocycles. The predicted molar refractivity (Wildman–Crippen MR) is 78.7 cm³/mol. The van der Waals surface area contributed by atoms with E-state index in [0.29, 0.717) is 0 Å². The van der Waals surface area contributed by atoms with Gasteiger partial charge < -0.3 is 10.1 Å². The molecule has 0 fully saturated rings. The molecule has 0 radical (unpaired) electrons. The third kappa shape index (κ3) is 2.00. The molecule has 1 atom stereocenters. The van der Waals surface area contributed by atoms with Crippen LogP contribution in [0.5, 0.6) is 5.75 Å². The molecular weight excluding hydrogens is 248 g/mol. The van der Waals surface area contributed by atoms with Crippen molar-refractivity contribution >= 4 is 5.69 Å². The smallest absolute Gasteiger partial charge is 0.151 e. The average molecular weight is 264 g/mol. The molecule has 0 saturated carbocycles. The highest BCUT2D eigenvalue weighted by atomic mass is 16.5. The topological polar surface area (TPSA) is 45.0 Å². The second-order valence-electron chi connectivity index (χ2n) is 5.03. The number of fused-ring (bicyclic) bond motifs is 1. The Bertz CT molecular complexity index is 660. The number of rotatable bonds is 3. The molecule has 3 rings (SSSR count). The zero-order valence-electron chi connectivity index (χ0n) is 11.4. The van der Waals surface area contributed by atoms with Crippen molar-refractivity contribution in [3.05, 3.63) is 59.7 Å². The van der Waals surface area contributed by atoms with Crippen LogP contribution in [-0.2, 0) is 12.0 Å². The minimum absolute atomic E-state index is 0.661. The Morgan fingerprint density at radius 1 is 1.20 bits per heavy atom. The van der Waals surface area contributed by atoms with Gasteiger partial charge in [0.1, 0.15) is 5.75 Å². The Labute approximate surface area is 118 Å². The van der Waals surface area contributed by atoms with Crippen LogP contribution < -0.4 is 10.1 Å². The number of hydrogen-bond donors (Lipinski definition) is 1. The highest BCUT2D eigenvalue weighted by molar-refractivity contribution is 5.56. The van der Waals surface area contributed by atoms with Crippen LogP contribution >= 0.6 is 0 Å². The first kappa shape index (κ1) is 12.6. The fourth-order valence-electron chi connectivity index (χ4n) is 2.80. The van der Waals surface area contributed by atoms with Crippen molar-refractivity contribution in [3.8, 4) is 11.8 Å². The monoisotopic (exact) mass is 264 g/mol. The van der Waals surface area contributed by atoms with E-state index >= 15 is 0 Å². The SMILES string of the molecule is COc1ccc2c(c1)C(C#N)(Nc1ccccc1)CC2. The van der Waals surface area contributed by atoms with Crippen LogP contribution in [0.2, 0.25) is 0 Å². The van der Waals surface area contributed by atoms with Gasteiger partial charge in [0.2, 0.25) is 0 Å². The molecule has 0 spiro atoms. The molecule has 100 valence electrons. The standard InChI is InChI=1S/C17H16N2O/c1-20-15-8-7-13-9-10-17(12-18,16(13)11-15)19-14-5-3-2-4-6-14/h2-8,11,19H,9-10H2,1H3. The zero-order chi connectivity index (χ0) is 14.0. The summed E-state index contributed by atoms with van der Waals surface area (Å²) in [6, 6.07) is 18.3. The number of ether oxygens (including phenoxy) is 1. The average Bonchev–Trinajstić information content (AvgIpc) is 2.87. The van der Waals surface area contributed by atoms with Crippen LogP contribution in [0.25, 0.3) is 0 Å². The molecule has 0 heterocycles. The largest absolute Gasteiger partial charge is 0.497 e. The maximum Gasteiger partial charge on any atom is 0.151 e. The summed E-state index contributed by atoms with van der Waals surface area (Å²) in [5.41, 5.74) is 2.55. The van der Waals surface area contributed by atoms with Crippen molar-refractivity contribution in [2.45, 2.75) is 18.4 Å².